The van der Waals surface area contributed by atoms with E-state index in [1.165, 1.54) is 25.4 Å². The molecular formula is C10H13NO5. The topological polar surface area (TPSA) is 99.9 Å². The molecule has 1 aromatic heterocycles. The maximum absolute atomic E-state index is 10.9. The third kappa shape index (κ3) is 2.91. The van der Waals surface area contributed by atoms with E-state index in [4.69, 9.17) is 0 Å². The van der Waals surface area contributed by atoms with E-state index in [-0.39, 0.29) is 17.9 Å². The number of carbonyl (C=O) groups excluding carboxylic acids is 1. The first-order chi connectivity index (χ1) is 7.56. The first-order valence-corrected chi connectivity index (χ1v) is 4.63. The molecule has 1 rings (SSSR count). The number of carbonyl (C=O) groups is 1. The van der Waals surface area contributed by atoms with Crippen molar-refractivity contribution < 1.29 is 24.9 Å². The van der Waals surface area contributed by atoms with Crippen molar-refractivity contribution in [2.75, 3.05) is 7.11 Å². The third-order valence-corrected chi connectivity index (χ3v) is 2.06. The minimum atomic E-state index is -1.43. The number of methoxy groups -OCH3 is 1. The molecule has 1 aromatic rings. The van der Waals surface area contributed by atoms with Gasteiger partial charge < -0.3 is 20.1 Å². The van der Waals surface area contributed by atoms with Gasteiger partial charge >= 0.3 is 5.97 Å². The zero-order chi connectivity index (χ0) is 12.1. The predicted molar refractivity (Wildman–Crippen MR) is 53.5 cm³/mol. The number of aliphatic hydroxyl groups is 2. The molecule has 0 fully saturated rings. The summed E-state index contributed by atoms with van der Waals surface area (Å²) in [5, 5.41) is 28.5. The highest BCUT2D eigenvalue weighted by Crippen LogP contribution is 2.24. The number of rotatable bonds is 4. The van der Waals surface area contributed by atoms with Gasteiger partial charge in [-0.1, -0.05) is 0 Å². The molecule has 0 aliphatic carbocycles. The zero-order valence-corrected chi connectivity index (χ0v) is 8.70. The van der Waals surface area contributed by atoms with E-state index >= 15 is 0 Å². The maximum atomic E-state index is 10.9. The molecule has 0 aromatic carbocycles. The first-order valence-electron chi connectivity index (χ1n) is 4.63. The summed E-state index contributed by atoms with van der Waals surface area (Å²) >= 11 is 0. The van der Waals surface area contributed by atoms with Gasteiger partial charge in [0, 0.05) is 6.20 Å². The Hall–Kier alpha value is -1.66. The molecular weight excluding hydrogens is 214 g/mol. The smallest absolute Gasteiger partial charge is 0.308 e. The van der Waals surface area contributed by atoms with Gasteiger partial charge in [0.1, 0.15) is 17.5 Å². The van der Waals surface area contributed by atoms with E-state index in [0.29, 0.717) is 0 Å². The highest BCUT2D eigenvalue weighted by Gasteiger charge is 2.24. The van der Waals surface area contributed by atoms with Crippen LogP contribution >= 0.6 is 0 Å². The average molecular weight is 227 g/mol. The van der Waals surface area contributed by atoms with Gasteiger partial charge in [0.15, 0.2) is 0 Å². The minimum absolute atomic E-state index is 0.0705. The van der Waals surface area contributed by atoms with E-state index < -0.39 is 18.2 Å². The largest absolute Gasteiger partial charge is 0.506 e. The Kier molecular flexibility index (Phi) is 4.21. The zero-order valence-electron chi connectivity index (χ0n) is 8.70. The van der Waals surface area contributed by atoms with E-state index in [0.717, 1.165) is 0 Å². The van der Waals surface area contributed by atoms with E-state index in [1.54, 1.807) is 0 Å². The van der Waals surface area contributed by atoms with E-state index in [1.807, 2.05) is 0 Å². The van der Waals surface area contributed by atoms with Gasteiger partial charge in [-0.25, -0.2) is 0 Å². The second-order valence-electron chi connectivity index (χ2n) is 3.20. The van der Waals surface area contributed by atoms with Crippen LogP contribution in [-0.2, 0) is 9.53 Å². The normalized spacial score (nSPS) is 14.2. The molecule has 0 saturated heterocycles. The molecule has 6 nitrogen and oxygen atoms in total. The van der Waals surface area contributed by atoms with Crippen molar-refractivity contribution in [3.63, 3.8) is 0 Å². The summed E-state index contributed by atoms with van der Waals surface area (Å²) in [5.74, 6) is -0.888. The van der Waals surface area contributed by atoms with Crippen molar-refractivity contribution >= 4 is 5.97 Å². The van der Waals surface area contributed by atoms with Gasteiger partial charge in [-0.3, -0.25) is 9.78 Å². The Morgan fingerprint density at radius 3 is 2.81 bits per heavy atom. The van der Waals surface area contributed by atoms with E-state index in [9.17, 15) is 20.1 Å². The van der Waals surface area contributed by atoms with Gasteiger partial charge in [0.05, 0.1) is 19.6 Å². The highest BCUT2D eigenvalue weighted by atomic mass is 16.5. The molecule has 0 bridgehead atoms. The highest BCUT2D eigenvalue weighted by molar-refractivity contribution is 5.69. The number of hydrogen-bond acceptors (Lipinski definition) is 6. The predicted octanol–water partition coefficient (Wildman–Crippen LogP) is -0.255. The van der Waals surface area contributed by atoms with Crippen LogP contribution in [0.15, 0.2) is 18.3 Å². The minimum Gasteiger partial charge on any atom is -0.506 e. The van der Waals surface area contributed by atoms with Crippen molar-refractivity contribution in [1.82, 2.24) is 4.98 Å². The summed E-state index contributed by atoms with van der Waals surface area (Å²) in [7, 11) is 1.18. The molecule has 0 saturated carbocycles. The van der Waals surface area contributed by atoms with Crippen molar-refractivity contribution in [3.05, 3.63) is 24.0 Å². The Morgan fingerprint density at radius 1 is 1.56 bits per heavy atom. The Bertz CT molecular complexity index is 368. The lowest BCUT2D eigenvalue weighted by atomic mass is 10.1. The average Bonchev–Trinajstić information content (AvgIpc) is 2.28. The molecule has 0 aliphatic rings. The van der Waals surface area contributed by atoms with Gasteiger partial charge in [-0.15, -0.1) is 0 Å². The molecule has 2 atom stereocenters. The van der Waals surface area contributed by atoms with Crippen LogP contribution in [0.2, 0.25) is 0 Å². The van der Waals surface area contributed by atoms with Crippen LogP contribution < -0.4 is 0 Å². The first kappa shape index (κ1) is 12.4. The van der Waals surface area contributed by atoms with Crippen LogP contribution in [-0.4, -0.2) is 39.5 Å². The summed E-state index contributed by atoms with van der Waals surface area (Å²) in [6, 6.07) is 2.81. The second-order valence-corrected chi connectivity index (χ2v) is 3.20. The molecule has 0 aliphatic heterocycles. The van der Waals surface area contributed by atoms with Crippen LogP contribution in [0, 0.1) is 0 Å². The van der Waals surface area contributed by atoms with Crippen LogP contribution in [0.25, 0.3) is 0 Å². The van der Waals surface area contributed by atoms with Crippen LogP contribution in [0.1, 0.15) is 18.2 Å². The van der Waals surface area contributed by atoms with Crippen LogP contribution in [0.3, 0.4) is 0 Å². The summed E-state index contributed by atoms with van der Waals surface area (Å²) in [6.07, 6.45) is -1.80. The number of aromatic hydroxyl groups is 1. The molecule has 0 amide bonds. The quantitative estimate of drug-likeness (QED) is 0.613. The van der Waals surface area contributed by atoms with Crippen molar-refractivity contribution in [2.24, 2.45) is 0 Å². The van der Waals surface area contributed by atoms with Gasteiger partial charge in [0.2, 0.25) is 0 Å². The monoisotopic (exact) mass is 227 g/mol. The Labute approximate surface area is 92.1 Å². The third-order valence-electron chi connectivity index (χ3n) is 2.06. The standard InChI is InChI=1S/C10H13NO5/c1-16-8(14)5-7(13)10(15)9-6(12)3-2-4-11-9/h2-4,7,10,12-13,15H,5H2,1H3. The summed E-state index contributed by atoms with van der Waals surface area (Å²) in [6.45, 7) is 0. The summed E-state index contributed by atoms with van der Waals surface area (Å²) in [4.78, 5) is 14.6. The fourth-order valence-corrected chi connectivity index (χ4v) is 1.18. The molecule has 3 N–H and O–H groups in total. The number of aromatic nitrogens is 1. The SMILES string of the molecule is COC(=O)CC(O)C(O)c1ncccc1O. The molecule has 6 heteroatoms. The van der Waals surface area contributed by atoms with Crippen molar-refractivity contribution in [3.8, 4) is 5.75 Å². The fourth-order valence-electron chi connectivity index (χ4n) is 1.18. The molecule has 1 heterocycles. The molecule has 0 radical (unpaired) electrons. The lowest BCUT2D eigenvalue weighted by Crippen LogP contribution is -2.23. The van der Waals surface area contributed by atoms with E-state index in [2.05, 4.69) is 9.72 Å². The molecule has 16 heavy (non-hydrogen) atoms. The van der Waals surface area contributed by atoms with Crippen LogP contribution in [0.4, 0.5) is 0 Å². The Morgan fingerprint density at radius 2 is 2.25 bits per heavy atom. The number of esters is 1. The summed E-state index contributed by atoms with van der Waals surface area (Å²) in [5.41, 5.74) is -0.0705. The molecule has 2 unspecified atom stereocenters. The number of nitrogens with zero attached hydrogens (tertiary/aromatic N) is 1. The number of pyridine rings is 1. The summed E-state index contributed by atoms with van der Waals surface area (Å²) < 4.78 is 4.34. The molecule has 0 spiro atoms. The van der Waals surface area contributed by atoms with Crippen molar-refractivity contribution in [1.29, 1.82) is 0 Å². The fraction of sp³-hybridized carbons (Fsp3) is 0.400. The van der Waals surface area contributed by atoms with Gasteiger partial charge in [-0.2, -0.15) is 0 Å². The van der Waals surface area contributed by atoms with Crippen molar-refractivity contribution in [2.45, 2.75) is 18.6 Å². The number of aliphatic hydroxyl groups excluding tert-OH is 2. The molecule has 88 valence electrons. The van der Waals surface area contributed by atoms with Gasteiger partial charge in [-0.05, 0) is 12.1 Å². The Balaban J connectivity index is 2.74. The number of hydrogen-bond donors (Lipinski definition) is 3. The van der Waals surface area contributed by atoms with Crippen LogP contribution in [0.5, 0.6) is 5.75 Å². The van der Waals surface area contributed by atoms with Gasteiger partial charge in [0.25, 0.3) is 0 Å². The lowest BCUT2D eigenvalue weighted by Gasteiger charge is -2.16. The maximum Gasteiger partial charge on any atom is 0.308 e. The second kappa shape index (κ2) is 5.43. The number of ether oxygens (including phenoxy) is 1. The lowest BCUT2D eigenvalue weighted by molar-refractivity contribution is -0.144.